The van der Waals surface area contributed by atoms with Gasteiger partial charge in [-0.1, -0.05) is 6.07 Å². The fourth-order valence-corrected chi connectivity index (χ4v) is 3.97. The highest BCUT2D eigenvalue weighted by Gasteiger charge is 2.35. The summed E-state index contributed by atoms with van der Waals surface area (Å²) in [6.07, 6.45) is 2.81. The van der Waals surface area contributed by atoms with Gasteiger partial charge in [0.05, 0.1) is 12.8 Å². The predicted molar refractivity (Wildman–Crippen MR) is 91.3 cm³/mol. The number of nitrogens with zero attached hydrogens (tertiary/aromatic N) is 2. The third-order valence-corrected chi connectivity index (χ3v) is 5.16. The number of nitrogens with one attached hydrogen (secondary N) is 1. The molecule has 2 bridgehead atoms. The van der Waals surface area contributed by atoms with Gasteiger partial charge < -0.3 is 19.2 Å². The SMILES string of the molecule is O=c1cccc2n1C[C@H]1C[C@H]2CN(C(=S)NCc2ccco2)C1. The first kappa shape index (κ1) is 14.5. The van der Waals surface area contributed by atoms with E-state index in [9.17, 15) is 4.79 Å². The van der Waals surface area contributed by atoms with E-state index in [-0.39, 0.29) is 5.56 Å². The summed E-state index contributed by atoms with van der Waals surface area (Å²) in [5, 5.41) is 4.04. The molecule has 0 aliphatic carbocycles. The van der Waals surface area contributed by atoms with Crippen LogP contribution in [0.4, 0.5) is 0 Å². The van der Waals surface area contributed by atoms with Crippen LogP contribution in [0.25, 0.3) is 0 Å². The largest absolute Gasteiger partial charge is 0.467 e. The highest BCUT2D eigenvalue weighted by Crippen LogP contribution is 2.34. The van der Waals surface area contributed by atoms with Crippen molar-refractivity contribution in [2.75, 3.05) is 13.1 Å². The summed E-state index contributed by atoms with van der Waals surface area (Å²) in [4.78, 5) is 14.3. The number of likely N-dealkylation sites (tertiary alicyclic amines) is 1. The summed E-state index contributed by atoms with van der Waals surface area (Å²) >= 11 is 5.55. The van der Waals surface area contributed by atoms with Crippen LogP contribution in [0.3, 0.4) is 0 Å². The molecule has 2 atom stereocenters. The second-order valence-corrected chi connectivity index (χ2v) is 6.73. The van der Waals surface area contributed by atoms with Crippen molar-refractivity contribution in [2.24, 2.45) is 5.92 Å². The van der Waals surface area contributed by atoms with Gasteiger partial charge in [0.1, 0.15) is 5.76 Å². The molecule has 23 heavy (non-hydrogen) atoms. The van der Waals surface area contributed by atoms with Crippen molar-refractivity contribution in [3.8, 4) is 0 Å². The van der Waals surface area contributed by atoms with E-state index in [1.54, 1.807) is 12.3 Å². The second-order valence-electron chi connectivity index (χ2n) is 6.34. The number of fused-ring (bicyclic) bond motifs is 4. The number of furan rings is 1. The molecule has 120 valence electrons. The van der Waals surface area contributed by atoms with Gasteiger partial charge in [-0.05, 0) is 42.8 Å². The Morgan fingerprint density at radius 3 is 3.00 bits per heavy atom. The van der Waals surface area contributed by atoms with E-state index in [4.69, 9.17) is 16.6 Å². The number of aromatic nitrogens is 1. The van der Waals surface area contributed by atoms with Gasteiger partial charge in [0.25, 0.3) is 5.56 Å². The number of hydrogen-bond acceptors (Lipinski definition) is 3. The topological polar surface area (TPSA) is 50.4 Å². The van der Waals surface area contributed by atoms with Gasteiger partial charge in [-0.25, -0.2) is 0 Å². The van der Waals surface area contributed by atoms with E-state index in [1.807, 2.05) is 22.8 Å². The van der Waals surface area contributed by atoms with Gasteiger partial charge in [-0.15, -0.1) is 0 Å². The molecule has 4 heterocycles. The summed E-state index contributed by atoms with van der Waals surface area (Å²) in [6.45, 7) is 3.17. The molecular weight excluding hydrogens is 310 g/mol. The first-order chi connectivity index (χ1) is 11.2. The molecule has 1 fully saturated rings. The lowest BCUT2D eigenvalue weighted by molar-refractivity contribution is 0.177. The van der Waals surface area contributed by atoms with Gasteiger partial charge in [0, 0.05) is 37.3 Å². The molecule has 0 amide bonds. The van der Waals surface area contributed by atoms with Crippen molar-refractivity contribution in [3.05, 3.63) is 58.4 Å². The molecule has 1 saturated heterocycles. The third-order valence-electron chi connectivity index (χ3n) is 4.76. The standard InChI is InChI=1S/C17H19N3O2S/c21-16-5-1-4-15-13-7-12(10-20(15)16)9-19(11-13)17(23)18-8-14-3-2-6-22-14/h1-6,12-13H,7-11H2,(H,18,23)/t12-,13-/m0/s1. The molecule has 4 rings (SSSR count). The molecule has 2 aliphatic rings. The van der Waals surface area contributed by atoms with Gasteiger partial charge in [-0.2, -0.15) is 0 Å². The van der Waals surface area contributed by atoms with Gasteiger partial charge in [0.2, 0.25) is 0 Å². The minimum absolute atomic E-state index is 0.115. The number of thiocarbonyl (C=S) groups is 1. The summed E-state index contributed by atoms with van der Waals surface area (Å²) in [5.74, 6) is 1.73. The Morgan fingerprint density at radius 2 is 2.17 bits per heavy atom. The average molecular weight is 329 g/mol. The van der Waals surface area contributed by atoms with Crippen molar-refractivity contribution in [1.29, 1.82) is 0 Å². The lowest BCUT2D eigenvalue weighted by Crippen LogP contribution is -2.51. The second kappa shape index (κ2) is 5.85. The zero-order chi connectivity index (χ0) is 15.8. The van der Waals surface area contributed by atoms with Crippen LogP contribution in [0, 0.1) is 5.92 Å². The maximum absolute atomic E-state index is 12.0. The summed E-state index contributed by atoms with van der Waals surface area (Å²) in [6, 6.07) is 9.40. The van der Waals surface area contributed by atoms with E-state index in [0.29, 0.717) is 18.4 Å². The maximum Gasteiger partial charge on any atom is 0.250 e. The highest BCUT2D eigenvalue weighted by molar-refractivity contribution is 7.80. The Labute approximate surface area is 139 Å². The highest BCUT2D eigenvalue weighted by atomic mass is 32.1. The van der Waals surface area contributed by atoms with Crippen molar-refractivity contribution >= 4 is 17.3 Å². The van der Waals surface area contributed by atoms with E-state index in [2.05, 4.69) is 16.3 Å². The summed E-state index contributed by atoms with van der Waals surface area (Å²) in [5.41, 5.74) is 1.26. The molecule has 0 spiro atoms. The average Bonchev–Trinajstić information content (AvgIpc) is 3.07. The molecule has 0 aromatic carbocycles. The lowest BCUT2D eigenvalue weighted by Gasteiger charge is -2.43. The molecule has 0 radical (unpaired) electrons. The number of rotatable bonds is 2. The van der Waals surface area contributed by atoms with Crippen LogP contribution in [-0.4, -0.2) is 27.7 Å². The number of hydrogen-bond donors (Lipinski definition) is 1. The minimum atomic E-state index is 0.115. The van der Waals surface area contributed by atoms with Crippen LogP contribution in [0.15, 0.2) is 45.8 Å². The monoisotopic (exact) mass is 329 g/mol. The fraction of sp³-hybridized carbons (Fsp3) is 0.412. The number of piperidine rings is 1. The van der Waals surface area contributed by atoms with Crippen LogP contribution < -0.4 is 10.9 Å². The minimum Gasteiger partial charge on any atom is -0.467 e. The zero-order valence-electron chi connectivity index (χ0n) is 12.8. The van der Waals surface area contributed by atoms with Gasteiger partial charge >= 0.3 is 0 Å². The van der Waals surface area contributed by atoms with Crippen LogP contribution in [-0.2, 0) is 13.1 Å². The summed E-state index contributed by atoms with van der Waals surface area (Å²) < 4.78 is 7.27. The van der Waals surface area contributed by atoms with Crippen molar-refractivity contribution in [3.63, 3.8) is 0 Å². The molecular formula is C17H19N3O2S. The Morgan fingerprint density at radius 1 is 1.26 bits per heavy atom. The molecule has 0 saturated carbocycles. The van der Waals surface area contributed by atoms with Crippen molar-refractivity contribution in [2.45, 2.75) is 25.4 Å². The van der Waals surface area contributed by atoms with Crippen molar-refractivity contribution < 1.29 is 4.42 Å². The van der Waals surface area contributed by atoms with Crippen molar-refractivity contribution in [1.82, 2.24) is 14.8 Å². The van der Waals surface area contributed by atoms with Crippen LogP contribution in [0.2, 0.25) is 0 Å². The maximum atomic E-state index is 12.0. The normalized spacial score (nSPS) is 22.5. The van der Waals surface area contributed by atoms with E-state index in [1.165, 1.54) is 0 Å². The Kier molecular flexibility index (Phi) is 3.69. The first-order valence-corrected chi connectivity index (χ1v) is 8.36. The smallest absolute Gasteiger partial charge is 0.250 e. The van der Waals surface area contributed by atoms with Gasteiger partial charge in [-0.3, -0.25) is 4.79 Å². The first-order valence-electron chi connectivity index (χ1n) is 7.95. The zero-order valence-corrected chi connectivity index (χ0v) is 13.6. The van der Waals surface area contributed by atoms with Crippen LogP contribution >= 0.6 is 12.2 Å². The Balaban J connectivity index is 1.47. The molecule has 2 aliphatic heterocycles. The molecule has 2 aromatic rings. The Hall–Kier alpha value is -2.08. The van der Waals surface area contributed by atoms with E-state index < -0.39 is 0 Å². The molecule has 1 N–H and O–H groups in total. The number of pyridine rings is 1. The van der Waals surface area contributed by atoms with E-state index in [0.717, 1.165) is 42.6 Å². The predicted octanol–water partition coefficient (Wildman–Crippen LogP) is 1.94. The fourth-order valence-electron chi connectivity index (χ4n) is 3.75. The molecule has 2 aromatic heterocycles. The molecule has 0 unspecified atom stereocenters. The van der Waals surface area contributed by atoms with Gasteiger partial charge in [0.15, 0.2) is 5.11 Å². The van der Waals surface area contributed by atoms with Crippen LogP contribution in [0.5, 0.6) is 0 Å². The third kappa shape index (κ3) is 2.79. The summed E-state index contributed by atoms with van der Waals surface area (Å²) in [7, 11) is 0. The Bertz CT molecular complexity index is 768. The van der Waals surface area contributed by atoms with Crippen LogP contribution in [0.1, 0.15) is 23.8 Å². The molecule has 5 nitrogen and oxygen atoms in total. The van der Waals surface area contributed by atoms with E-state index >= 15 is 0 Å². The molecule has 6 heteroatoms. The lowest BCUT2D eigenvalue weighted by atomic mass is 9.83. The quantitative estimate of drug-likeness (QED) is 0.853.